The van der Waals surface area contributed by atoms with Crippen LogP contribution in [0, 0.1) is 11.7 Å². The molecule has 0 aromatic heterocycles. The normalized spacial score (nSPS) is 14.4. The zero-order chi connectivity index (χ0) is 27.1. The lowest BCUT2D eigenvalue weighted by Gasteiger charge is -2.32. The molecule has 3 amide bonds. The minimum atomic E-state index is -0.583. The van der Waals surface area contributed by atoms with Crippen molar-refractivity contribution in [2.45, 2.75) is 32.1 Å². The number of benzene rings is 3. The second kappa shape index (κ2) is 12.4. The van der Waals surface area contributed by atoms with Crippen LogP contribution in [0.25, 0.3) is 0 Å². The second-order valence-corrected chi connectivity index (χ2v) is 9.61. The number of likely N-dealkylation sites (tertiary alicyclic amines) is 1. The Morgan fingerprint density at radius 1 is 0.947 bits per heavy atom. The van der Waals surface area contributed by atoms with Crippen LogP contribution in [0.1, 0.15) is 47.2 Å². The van der Waals surface area contributed by atoms with Crippen molar-refractivity contribution in [3.63, 3.8) is 0 Å². The molecule has 4 rings (SSSR count). The summed E-state index contributed by atoms with van der Waals surface area (Å²) in [5.74, 6) is -0.361. The maximum atomic E-state index is 13.1. The molecular weight excluding hydrogens is 485 g/mol. The molecular formula is C30H32FN3O4. The van der Waals surface area contributed by atoms with Crippen LogP contribution in [-0.2, 0) is 16.0 Å². The second-order valence-electron chi connectivity index (χ2n) is 9.61. The van der Waals surface area contributed by atoms with Crippen LogP contribution in [0.3, 0.4) is 0 Å². The fourth-order valence-electron chi connectivity index (χ4n) is 4.67. The molecule has 1 unspecified atom stereocenters. The number of ether oxygens (including phenoxy) is 1. The van der Waals surface area contributed by atoms with Gasteiger partial charge in [0.2, 0.25) is 5.91 Å². The molecule has 3 aromatic carbocycles. The fraction of sp³-hybridized carbons (Fsp3) is 0.300. The van der Waals surface area contributed by atoms with Gasteiger partial charge in [-0.2, -0.15) is 0 Å². The van der Waals surface area contributed by atoms with Crippen LogP contribution in [0.4, 0.5) is 20.6 Å². The van der Waals surface area contributed by atoms with Gasteiger partial charge in [-0.15, -0.1) is 0 Å². The number of hydrogen-bond acceptors (Lipinski definition) is 4. The summed E-state index contributed by atoms with van der Waals surface area (Å²) in [4.78, 5) is 38.9. The van der Waals surface area contributed by atoms with Crippen LogP contribution in [0.2, 0.25) is 0 Å². The summed E-state index contributed by atoms with van der Waals surface area (Å²) < 4.78 is 17.7. The van der Waals surface area contributed by atoms with Crippen molar-refractivity contribution >= 4 is 29.3 Å². The number of nitrogens with zero attached hydrogens (tertiary/aromatic N) is 1. The summed E-state index contributed by atoms with van der Waals surface area (Å²) in [6.45, 7) is 3.13. The first-order valence-corrected chi connectivity index (χ1v) is 12.7. The molecule has 198 valence electrons. The third kappa shape index (κ3) is 6.97. The van der Waals surface area contributed by atoms with Gasteiger partial charge in [0.05, 0.1) is 7.11 Å². The molecule has 1 saturated heterocycles. The predicted molar refractivity (Wildman–Crippen MR) is 145 cm³/mol. The molecule has 0 bridgehead atoms. The number of rotatable bonds is 7. The molecule has 1 aliphatic heterocycles. The van der Waals surface area contributed by atoms with Gasteiger partial charge in [-0.05, 0) is 78.8 Å². The van der Waals surface area contributed by atoms with Crippen molar-refractivity contribution < 1.29 is 23.5 Å². The van der Waals surface area contributed by atoms with Gasteiger partial charge in [0.15, 0.2) is 0 Å². The summed E-state index contributed by atoms with van der Waals surface area (Å²) in [6.07, 6.45) is 1.63. The Morgan fingerprint density at radius 3 is 2.29 bits per heavy atom. The van der Waals surface area contributed by atoms with E-state index in [1.54, 1.807) is 36.4 Å². The van der Waals surface area contributed by atoms with Gasteiger partial charge < -0.3 is 15.0 Å². The minimum absolute atomic E-state index is 0.0650. The van der Waals surface area contributed by atoms with Crippen molar-refractivity contribution in [2.24, 2.45) is 5.92 Å². The maximum absolute atomic E-state index is 13.1. The van der Waals surface area contributed by atoms with Crippen molar-refractivity contribution in [3.05, 3.63) is 95.3 Å². The minimum Gasteiger partial charge on any atom is -0.453 e. The highest BCUT2D eigenvalue weighted by Gasteiger charge is 2.25. The summed E-state index contributed by atoms with van der Waals surface area (Å²) in [6, 6.07) is 20.9. The van der Waals surface area contributed by atoms with E-state index in [1.807, 2.05) is 36.1 Å². The Hall–Kier alpha value is -4.20. The van der Waals surface area contributed by atoms with Gasteiger partial charge in [-0.1, -0.05) is 37.3 Å². The van der Waals surface area contributed by atoms with Crippen LogP contribution in [-0.4, -0.2) is 43.0 Å². The first-order chi connectivity index (χ1) is 18.3. The van der Waals surface area contributed by atoms with Crippen molar-refractivity contribution in [3.8, 4) is 0 Å². The number of carbonyl (C=O) groups is 3. The van der Waals surface area contributed by atoms with Gasteiger partial charge in [0.25, 0.3) is 5.91 Å². The number of methoxy groups -OCH3 is 1. The highest BCUT2D eigenvalue weighted by Crippen LogP contribution is 2.30. The molecule has 1 fully saturated rings. The van der Waals surface area contributed by atoms with Crippen LogP contribution >= 0.6 is 0 Å². The summed E-state index contributed by atoms with van der Waals surface area (Å²) in [5.41, 5.74) is 3.86. The molecule has 7 nitrogen and oxygen atoms in total. The number of piperidine rings is 1. The summed E-state index contributed by atoms with van der Waals surface area (Å²) >= 11 is 0. The highest BCUT2D eigenvalue weighted by molar-refractivity contribution is 5.96. The zero-order valence-corrected chi connectivity index (χ0v) is 21.6. The Kier molecular flexibility index (Phi) is 8.73. The number of carbonyl (C=O) groups excluding carboxylic acids is 3. The standard InChI is InChI=1S/C30H32FN3O4/c1-20(18-21-6-10-25(31)11-7-21)28(35)32-26-12-8-22(9-13-26)23-14-16-34(17-15-23)29(36)24-4-3-5-27(19-24)33-30(37)38-2/h3-13,19-20,23H,14-18H2,1-2H3,(H,32,35)(H,33,37). The van der Waals surface area contributed by atoms with E-state index in [0.29, 0.717) is 36.7 Å². The quantitative estimate of drug-likeness (QED) is 0.412. The van der Waals surface area contributed by atoms with Gasteiger partial charge in [-0.3, -0.25) is 14.9 Å². The van der Waals surface area contributed by atoms with Crippen molar-refractivity contribution in [1.29, 1.82) is 0 Å². The lowest BCUT2D eigenvalue weighted by atomic mass is 9.89. The lowest BCUT2D eigenvalue weighted by molar-refractivity contribution is -0.119. The molecule has 38 heavy (non-hydrogen) atoms. The number of halogens is 1. The molecule has 1 heterocycles. The van der Waals surface area contributed by atoms with Crippen molar-refractivity contribution in [2.75, 3.05) is 30.8 Å². The van der Waals surface area contributed by atoms with Gasteiger partial charge in [0, 0.05) is 35.9 Å². The lowest BCUT2D eigenvalue weighted by Crippen LogP contribution is -2.37. The van der Waals surface area contributed by atoms with E-state index in [1.165, 1.54) is 24.8 Å². The van der Waals surface area contributed by atoms with Crippen LogP contribution in [0.5, 0.6) is 0 Å². The topological polar surface area (TPSA) is 87.7 Å². The Morgan fingerprint density at radius 2 is 1.63 bits per heavy atom. The first kappa shape index (κ1) is 26.9. The van der Waals surface area contributed by atoms with Gasteiger partial charge >= 0.3 is 6.09 Å². The molecule has 1 aliphatic rings. The number of nitrogens with one attached hydrogen (secondary N) is 2. The Labute approximate surface area is 222 Å². The van der Waals surface area contributed by atoms with Gasteiger partial charge in [-0.25, -0.2) is 9.18 Å². The molecule has 0 radical (unpaired) electrons. The fourth-order valence-corrected chi connectivity index (χ4v) is 4.67. The van der Waals surface area contributed by atoms with E-state index in [2.05, 4.69) is 15.4 Å². The molecule has 0 spiro atoms. The zero-order valence-electron chi connectivity index (χ0n) is 21.6. The third-order valence-electron chi connectivity index (χ3n) is 6.88. The first-order valence-electron chi connectivity index (χ1n) is 12.7. The monoisotopic (exact) mass is 517 g/mol. The molecule has 8 heteroatoms. The SMILES string of the molecule is COC(=O)Nc1cccc(C(=O)N2CCC(c3ccc(NC(=O)C(C)Cc4ccc(F)cc4)cc3)CC2)c1. The molecule has 3 aromatic rings. The van der Waals surface area contributed by atoms with Crippen LogP contribution in [0.15, 0.2) is 72.8 Å². The molecule has 0 saturated carbocycles. The maximum Gasteiger partial charge on any atom is 0.411 e. The van der Waals surface area contributed by atoms with Crippen LogP contribution < -0.4 is 10.6 Å². The summed E-state index contributed by atoms with van der Waals surface area (Å²) in [5, 5.41) is 5.55. The van der Waals surface area contributed by atoms with E-state index >= 15 is 0 Å². The number of anilines is 2. The van der Waals surface area contributed by atoms with E-state index in [-0.39, 0.29) is 23.5 Å². The summed E-state index contributed by atoms with van der Waals surface area (Å²) in [7, 11) is 1.29. The van der Waals surface area contributed by atoms with E-state index in [4.69, 9.17) is 0 Å². The predicted octanol–water partition coefficient (Wildman–Crippen LogP) is 5.84. The van der Waals surface area contributed by atoms with Crippen molar-refractivity contribution in [1.82, 2.24) is 4.90 Å². The largest absolute Gasteiger partial charge is 0.453 e. The smallest absolute Gasteiger partial charge is 0.411 e. The van der Waals surface area contributed by atoms with Gasteiger partial charge in [0.1, 0.15) is 5.82 Å². The van der Waals surface area contributed by atoms with E-state index in [0.717, 1.165) is 24.1 Å². The molecule has 2 N–H and O–H groups in total. The third-order valence-corrected chi connectivity index (χ3v) is 6.88. The highest BCUT2D eigenvalue weighted by atomic mass is 19.1. The number of hydrogen-bond donors (Lipinski definition) is 2. The molecule has 1 atom stereocenters. The van der Waals surface area contributed by atoms with E-state index in [9.17, 15) is 18.8 Å². The van der Waals surface area contributed by atoms with E-state index < -0.39 is 6.09 Å². The average Bonchev–Trinajstić information content (AvgIpc) is 2.94. The average molecular weight is 518 g/mol. The number of amides is 3. The Balaban J connectivity index is 1.28. The Bertz CT molecular complexity index is 1270. The molecule has 0 aliphatic carbocycles.